The predicted octanol–water partition coefficient (Wildman–Crippen LogP) is 5.63. The summed E-state index contributed by atoms with van der Waals surface area (Å²) < 4.78 is 25.0. The highest BCUT2D eigenvalue weighted by Crippen LogP contribution is 2.19. The fourth-order valence-corrected chi connectivity index (χ4v) is 3.23. The number of ether oxygens (including phenoxy) is 2. The van der Waals surface area contributed by atoms with Crippen LogP contribution in [0.3, 0.4) is 0 Å². The van der Waals surface area contributed by atoms with Crippen LogP contribution in [0.1, 0.15) is 18.1 Å². The minimum Gasteiger partial charge on any atom is -0.497 e. The van der Waals surface area contributed by atoms with Crippen LogP contribution in [0, 0.1) is 5.82 Å². The monoisotopic (exact) mass is 424 g/mol. The molecule has 0 aromatic heterocycles. The summed E-state index contributed by atoms with van der Waals surface area (Å²) in [4.78, 5) is 1.94. The standard InChI is InChI=1S/C24H25FN2O2S/c1-3-29-22-14-10-20(11-15-22)26-24(30)27(17-19-6-4-5-7-23(19)25)16-18-8-12-21(28-2)13-9-18/h4-15H,3,16-17H2,1-2H3,(H,26,30). The van der Waals surface area contributed by atoms with Crippen molar-refractivity contribution in [2.24, 2.45) is 0 Å². The molecule has 0 saturated heterocycles. The van der Waals surface area contributed by atoms with Gasteiger partial charge in [0.15, 0.2) is 5.11 Å². The average molecular weight is 425 g/mol. The zero-order valence-corrected chi connectivity index (χ0v) is 17.9. The minimum absolute atomic E-state index is 0.249. The van der Waals surface area contributed by atoms with Crippen LogP contribution >= 0.6 is 12.2 Å². The molecule has 3 aromatic carbocycles. The molecule has 0 aliphatic heterocycles. The SMILES string of the molecule is CCOc1ccc(NC(=S)N(Cc2ccc(OC)cc2)Cc2ccccc2F)cc1. The van der Waals surface area contributed by atoms with Crippen molar-refractivity contribution >= 4 is 23.0 Å². The first kappa shape index (κ1) is 21.6. The Morgan fingerprint density at radius 3 is 2.23 bits per heavy atom. The Hall–Kier alpha value is -3.12. The third-order valence-electron chi connectivity index (χ3n) is 4.56. The molecule has 0 saturated carbocycles. The summed E-state index contributed by atoms with van der Waals surface area (Å²) in [5.41, 5.74) is 2.47. The van der Waals surface area contributed by atoms with E-state index in [-0.39, 0.29) is 5.82 Å². The molecule has 0 radical (unpaired) electrons. The Kier molecular flexibility index (Phi) is 7.63. The molecule has 30 heavy (non-hydrogen) atoms. The molecule has 3 aromatic rings. The van der Waals surface area contributed by atoms with Gasteiger partial charge in [0.2, 0.25) is 0 Å². The summed E-state index contributed by atoms with van der Waals surface area (Å²) in [7, 11) is 1.63. The summed E-state index contributed by atoms with van der Waals surface area (Å²) in [5.74, 6) is 1.34. The Labute approximate surface area is 182 Å². The van der Waals surface area contributed by atoms with Gasteiger partial charge in [-0.2, -0.15) is 0 Å². The van der Waals surface area contributed by atoms with E-state index < -0.39 is 0 Å². The number of hydrogen-bond donors (Lipinski definition) is 1. The molecular formula is C24H25FN2O2S. The largest absolute Gasteiger partial charge is 0.497 e. The van der Waals surface area contributed by atoms with Crippen LogP contribution in [0.25, 0.3) is 0 Å². The number of nitrogens with one attached hydrogen (secondary N) is 1. The second-order valence-electron chi connectivity index (χ2n) is 6.68. The number of halogens is 1. The molecule has 156 valence electrons. The van der Waals surface area contributed by atoms with Crippen molar-refractivity contribution < 1.29 is 13.9 Å². The summed E-state index contributed by atoms with van der Waals surface area (Å²) in [6.45, 7) is 3.44. The maximum absolute atomic E-state index is 14.3. The first-order valence-corrected chi connectivity index (χ1v) is 10.1. The van der Waals surface area contributed by atoms with E-state index in [9.17, 15) is 4.39 Å². The summed E-state index contributed by atoms with van der Waals surface area (Å²) in [5, 5.41) is 3.76. The smallest absolute Gasteiger partial charge is 0.174 e. The van der Waals surface area contributed by atoms with E-state index in [0.717, 1.165) is 22.7 Å². The zero-order valence-electron chi connectivity index (χ0n) is 17.1. The van der Waals surface area contributed by atoms with E-state index in [2.05, 4.69) is 5.32 Å². The lowest BCUT2D eigenvalue weighted by atomic mass is 10.1. The molecule has 1 N–H and O–H groups in total. The molecule has 0 unspecified atom stereocenters. The third kappa shape index (κ3) is 5.94. The number of nitrogens with zero attached hydrogens (tertiary/aromatic N) is 1. The van der Waals surface area contributed by atoms with Crippen molar-refractivity contribution in [3.05, 3.63) is 89.7 Å². The van der Waals surface area contributed by atoms with Crippen molar-refractivity contribution in [2.45, 2.75) is 20.0 Å². The van der Waals surface area contributed by atoms with Crippen molar-refractivity contribution in [3.8, 4) is 11.5 Å². The zero-order chi connectivity index (χ0) is 21.3. The molecular weight excluding hydrogens is 399 g/mol. The van der Waals surface area contributed by atoms with Crippen LogP contribution in [0.15, 0.2) is 72.8 Å². The highest BCUT2D eigenvalue weighted by atomic mass is 32.1. The first-order chi connectivity index (χ1) is 14.6. The van der Waals surface area contributed by atoms with Gasteiger partial charge in [-0.1, -0.05) is 30.3 Å². The van der Waals surface area contributed by atoms with Gasteiger partial charge in [0.1, 0.15) is 17.3 Å². The van der Waals surface area contributed by atoms with Crippen LogP contribution in [-0.2, 0) is 13.1 Å². The first-order valence-electron chi connectivity index (χ1n) is 9.74. The van der Waals surface area contributed by atoms with Gasteiger partial charge in [-0.15, -0.1) is 0 Å². The second-order valence-corrected chi connectivity index (χ2v) is 7.07. The second kappa shape index (κ2) is 10.6. The molecule has 0 atom stereocenters. The number of thiocarbonyl (C=S) groups is 1. The van der Waals surface area contributed by atoms with Gasteiger partial charge in [-0.25, -0.2) is 4.39 Å². The molecule has 0 spiro atoms. The minimum atomic E-state index is -0.249. The predicted molar refractivity (Wildman–Crippen MR) is 122 cm³/mol. The highest BCUT2D eigenvalue weighted by molar-refractivity contribution is 7.80. The number of benzene rings is 3. The van der Waals surface area contributed by atoms with Crippen LogP contribution in [0.4, 0.5) is 10.1 Å². The van der Waals surface area contributed by atoms with Gasteiger partial charge in [-0.05, 0) is 67.2 Å². The lowest BCUT2D eigenvalue weighted by molar-refractivity contribution is 0.340. The van der Waals surface area contributed by atoms with Crippen molar-refractivity contribution in [1.29, 1.82) is 0 Å². The average Bonchev–Trinajstić information content (AvgIpc) is 2.77. The molecule has 4 nitrogen and oxygen atoms in total. The summed E-state index contributed by atoms with van der Waals surface area (Å²) in [6, 6.07) is 22.1. The van der Waals surface area contributed by atoms with Crippen LogP contribution in [0.5, 0.6) is 11.5 Å². The Morgan fingerprint density at radius 1 is 0.933 bits per heavy atom. The maximum Gasteiger partial charge on any atom is 0.174 e. The molecule has 0 bridgehead atoms. The van der Waals surface area contributed by atoms with Gasteiger partial charge in [0.05, 0.1) is 13.7 Å². The van der Waals surface area contributed by atoms with Gasteiger partial charge in [0.25, 0.3) is 0 Å². The van der Waals surface area contributed by atoms with E-state index in [1.807, 2.05) is 66.4 Å². The quantitative estimate of drug-likeness (QED) is 0.474. The number of methoxy groups -OCH3 is 1. The van der Waals surface area contributed by atoms with E-state index in [4.69, 9.17) is 21.7 Å². The van der Waals surface area contributed by atoms with Crippen molar-refractivity contribution in [3.63, 3.8) is 0 Å². The van der Waals surface area contributed by atoms with Gasteiger partial charge in [0, 0.05) is 24.3 Å². The molecule has 0 heterocycles. The lowest BCUT2D eigenvalue weighted by Gasteiger charge is -2.26. The number of rotatable bonds is 8. The Morgan fingerprint density at radius 2 is 1.60 bits per heavy atom. The number of hydrogen-bond acceptors (Lipinski definition) is 3. The summed E-state index contributed by atoms with van der Waals surface area (Å²) >= 11 is 5.67. The molecule has 0 amide bonds. The van der Waals surface area contributed by atoms with Crippen LogP contribution in [0.2, 0.25) is 0 Å². The maximum atomic E-state index is 14.3. The Bertz CT molecular complexity index is 962. The van der Waals surface area contributed by atoms with E-state index >= 15 is 0 Å². The van der Waals surface area contributed by atoms with Crippen molar-refractivity contribution in [2.75, 3.05) is 19.0 Å². The highest BCUT2D eigenvalue weighted by Gasteiger charge is 2.14. The van der Waals surface area contributed by atoms with Crippen LogP contribution < -0.4 is 14.8 Å². The fraction of sp³-hybridized carbons (Fsp3) is 0.208. The van der Waals surface area contributed by atoms with Gasteiger partial charge < -0.3 is 19.7 Å². The van der Waals surface area contributed by atoms with Crippen molar-refractivity contribution in [1.82, 2.24) is 4.90 Å². The van der Waals surface area contributed by atoms with E-state index in [1.165, 1.54) is 6.07 Å². The van der Waals surface area contributed by atoms with E-state index in [1.54, 1.807) is 19.2 Å². The topological polar surface area (TPSA) is 33.7 Å². The molecule has 3 rings (SSSR count). The van der Waals surface area contributed by atoms with Crippen LogP contribution in [-0.4, -0.2) is 23.7 Å². The molecule has 0 fully saturated rings. The number of anilines is 1. The van der Waals surface area contributed by atoms with Gasteiger partial charge in [-0.3, -0.25) is 0 Å². The summed E-state index contributed by atoms with van der Waals surface area (Å²) in [6.07, 6.45) is 0. The third-order valence-corrected chi connectivity index (χ3v) is 4.92. The van der Waals surface area contributed by atoms with Gasteiger partial charge >= 0.3 is 0 Å². The van der Waals surface area contributed by atoms with E-state index in [0.29, 0.717) is 30.4 Å². The Balaban J connectivity index is 1.77. The molecule has 0 aliphatic rings. The molecule has 0 aliphatic carbocycles. The molecule has 6 heteroatoms. The fourth-order valence-electron chi connectivity index (χ4n) is 2.99. The normalized spacial score (nSPS) is 10.4. The lowest BCUT2D eigenvalue weighted by Crippen LogP contribution is -2.34.